The minimum absolute atomic E-state index is 0.0462. The molecule has 2 amide bonds. The van der Waals surface area contributed by atoms with Gasteiger partial charge in [-0.15, -0.1) is 0 Å². The minimum Gasteiger partial charge on any atom is -0.445 e. The molecular formula is C22H28N2O4. The van der Waals surface area contributed by atoms with Gasteiger partial charge in [-0.1, -0.05) is 60.7 Å². The molecule has 0 spiro atoms. The van der Waals surface area contributed by atoms with Gasteiger partial charge in [0.05, 0.1) is 12.2 Å². The van der Waals surface area contributed by atoms with Gasteiger partial charge in [-0.3, -0.25) is 4.79 Å². The topological polar surface area (TPSA) is 76.7 Å². The van der Waals surface area contributed by atoms with Crippen LogP contribution in [-0.2, 0) is 27.4 Å². The van der Waals surface area contributed by atoms with E-state index in [-0.39, 0.29) is 19.1 Å². The smallest absolute Gasteiger partial charge is 0.408 e. The summed E-state index contributed by atoms with van der Waals surface area (Å²) in [6, 6.07) is 18.1. The van der Waals surface area contributed by atoms with Crippen LogP contribution in [0.2, 0.25) is 0 Å². The highest BCUT2D eigenvalue weighted by Crippen LogP contribution is 2.08. The summed E-state index contributed by atoms with van der Waals surface area (Å²) >= 11 is 0. The van der Waals surface area contributed by atoms with Crippen molar-refractivity contribution in [2.75, 3.05) is 6.61 Å². The third-order valence-electron chi connectivity index (χ3n) is 3.81. The maximum absolute atomic E-state index is 12.6. The van der Waals surface area contributed by atoms with Crippen molar-refractivity contribution in [2.24, 2.45) is 0 Å². The van der Waals surface area contributed by atoms with E-state index in [0.717, 1.165) is 11.1 Å². The summed E-state index contributed by atoms with van der Waals surface area (Å²) in [6.45, 7) is 6.21. The van der Waals surface area contributed by atoms with E-state index in [0.29, 0.717) is 6.54 Å². The predicted octanol–water partition coefficient (Wildman–Crippen LogP) is 3.41. The standard InChI is InChI=1S/C22H28N2O4/c1-22(2,3)28-16-19(20(25)23-14-17-10-6-4-7-11-17)24-21(26)27-15-18-12-8-5-9-13-18/h4-13,19H,14-16H2,1-3H3,(H,23,25)(H,24,26). The van der Waals surface area contributed by atoms with Gasteiger partial charge >= 0.3 is 6.09 Å². The molecule has 0 aliphatic rings. The van der Waals surface area contributed by atoms with E-state index in [1.165, 1.54) is 0 Å². The van der Waals surface area contributed by atoms with Crippen molar-refractivity contribution in [3.8, 4) is 0 Å². The lowest BCUT2D eigenvalue weighted by Crippen LogP contribution is -2.50. The largest absolute Gasteiger partial charge is 0.445 e. The van der Waals surface area contributed by atoms with Crippen LogP contribution in [-0.4, -0.2) is 30.3 Å². The molecule has 1 atom stereocenters. The van der Waals surface area contributed by atoms with Crippen LogP contribution >= 0.6 is 0 Å². The molecule has 2 aromatic rings. The number of alkyl carbamates (subject to hydrolysis) is 1. The number of carbonyl (C=O) groups is 2. The Kier molecular flexibility index (Phi) is 8.02. The third kappa shape index (κ3) is 8.22. The summed E-state index contributed by atoms with van der Waals surface area (Å²) in [7, 11) is 0. The van der Waals surface area contributed by atoms with Gasteiger partial charge in [0.2, 0.25) is 5.91 Å². The molecule has 6 heteroatoms. The number of benzene rings is 2. The molecule has 0 radical (unpaired) electrons. The van der Waals surface area contributed by atoms with Crippen LogP contribution in [0.5, 0.6) is 0 Å². The molecule has 28 heavy (non-hydrogen) atoms. The lowest BCUT2D eigenvalue weighted by Gasteiger charge is -2.24. The van der Waals surface area contributed by atoms with E-state index >= 15 is 0 Å². The summed E-state index contributed by atoms with van der Waals surface area (Å²) in [5, 5.41) is 5.42. The highest BCUT2D eigenvalue weighted by atomic mass is 16.5. The third-order valence-corrected chi connectivity index (χ3v) is 3.81. The molecule has 0 aliphatic carbocycles. The quantitative estimate of drug-likeness (QED) is 0.731. The first kappa shape index (κ1) is 21.4. The maximum Gasteiger partial charge on any atom is 0.408 e. The first-order chi connectivity index (χ1) is 13.3. The van der Waals surface area contributed by atoms with E-state index in [2.05, 4.69) is 10.6 Å². The molecule has 0 saturated carbocycles. The minimum atomic E-state index is -0.855. The van der Waals surface area contributed by atoms with Crippen LogP contribution < -0.4 is 10.6 Å². The van der Waals surface area contributed by atoms with Crippen molar-refractivity contribution in [1.82, 2.24) is 10.6 Å². The monoisotopic (exact) mass is 384 g/mol. The zero-order valence-electron chi connectivity index (χ0n) is 16.6. The fraction of sp³-hybridized carbons (Fsp3) is 0.364. The van der Waals surface area contributed by atoms with Gasteiger partial charge in [0, 0.05) is 6.54 Å². The highest BCUT2D eigenvalue weighted by molar-refractivity contribution is 5.85. The second-order valence-corrected chi connectivity index (χ2v) is 7.39. The van der Waals surface area contributed by atoms with Gasteiger partial charge in [-0.05, 0) is 31.9 Å². The number of hydrogen-bond acceptors (Lipinski definition) is 4. The lowest BCUT2D eigenvalue weighted by molar-refractivity contribution is -0.126. The lowest BCUT2D eigenvalue weighted by atomic mass is 10.2. The molecule has 0 aliphatic heterocycles. The molecule has 1 unspecified atom stereocenters. The number of amides is 2. The Bertz CT molecular complexity index is 742. The Hall–Kier alpha value is -2.86. The number of carbonyl (C=O) groups excluding carboxylic acids is 2. The zero-order chi connectivity index (χ0) is 20.4. The maximum atomic E-state index is 12.6. The summed E-state index contributed by atoms with van der Waals surface area (Å²) in [4.78, 5) is 24.7. The molecule has 0 aromatic heterocycles. The molecule has 2 aromatic carbocycles. The fourth-order valence-electron chi connectivity index (χ4n) is 2.33. The molecular weight excluding hydrogens is 356 g/mol. The second-order valence-electron chi connectivity index (χ2n) is 7.39. The van der Waals surface area contributed by atoms with E-state index in [1.54, 1.807) is 0 Å². The summed E-state index contributed by atoms with van der Waals surface area (Å²) in [5.41, 5.74) is 1.40. The van der Waals surface area contributed by atoms with E-state index in [9.17, 15) is 9.59 Å². The molecule has 0 heterocycles. The van der Waals surface area contributed by atoms with Crippen LogP contribution in [0.3, 0.4) is 0 Å². The first-order valence-electron chi connectivity index (χ1n) is 9.26. The van der Waals surface area contributed by atoms with E-state index < -0.39 is 17.7 Å². The molecule has 6 nitrogen and oxygen atoms in total. The molecule has 2 N–H and O–H groups in total. The van der Waals surface area contributed by atoms with Crippen molar-refractivity contribution in [3.63, 3.8) is 0 Å². The summed E-state index contributed by atoms with van der Waals surface area (Å²) < 4.78 is 10.9. The Morgan fingerprint density at radius 1 is 0.929 bits per heavy atom. The van der Waals surface area contributed by atoms with E-state index in [1.807, 2.05) is 81.4 Å². The van der Waals surface area contributed by atoms with E-state index in [4.69, 9.17) is 9.47 Å². The summed E-state index contributed by atoms with van der Waals surface area (Å²) in [6.07, 6.45) is -0.666. The first-order valence-corrected chi connectivity index (χ1v) is 9.26. The van der Waals surface area contributed by atoms with Crippen LogP contribution in [0.15, 0.2) is 60.7 Å². The number of nitrogens with one attached hydrogen (secondary N) is 2. The van der Waals surface area contributed by atoms with Crippen LogP contribution in [0.4, 0.5) is 4.79 Å². The molecule has 0 fully saturated rings. The number of ether oxygens (including phenoxy) is 2. The van der Waals surface area contributed by atoms with Crippen molar-refractivity contribution < 1.29 is 19.1 Å². The van der Waals surface area contributed by atoms with Crippen molar-refractivity contribution in [1.29, 1.82) is 0 Å². The normalized spacial score (nSPS) is 12.1. The van der Waals surface area contributed by atoms with Crippen LogP contribution in [0.1, 0.15) is 31.9 Å². The Morgan fingerprint density at radius 3 is 2.07 bits per heavy atom. The SMILES string of the molecule is CC(C)(C)OCC(NC(=O)OCc1ccccc1)C(=O)NCc1ccccc1. The molecule has 2 rings (SSSR count). The van der Waals surface area contributed by atoms with Crippen LogP contribution in [0, 0.1) is 0 Å². The average molecular weight is 384 g/mol. The Balaban J connectivity index is 1.91. The summed E-state index contributed by atoms with van der Waals surface area (Å²) in [5.74, 6) is -0.329. The van der Waals surface area contributed by atoms with Gasteiger partial charge < -0.3 is 20.1 Å². The number of hydrogen-bond donors (Lipinski definition) is 2. The fourth-order valence-corrected chi connectivity index (χ4v) is 2.33. The number of rotatable bonds is 8. The van der Waals surface area contributed by atoms with Crippen LogP contribution in [0.25, 0.3) is 0 Å². The highest BCUT2D eigenvalue weighted by Gasteiger charge is 2.24. The van der Waals surface area contributed by atoms with Gasteiger partial charge in [0.25, 0.3) is 0 Å². The molecule has 150 valence electrons. The van der Waals surface area contributed by atoms with Crippen molar-refractivity contribution in [3.05, 3.63) is 71.8 Å². The van der Waals surface area contributed by atoms with Gasteiger partial charge in [-0.2, -0.15) is 0 Å². The molecule has 0 bridgehead atoms. The van der Waals surface area contributed by atoms with Gasteiger partial charge in [0.15, 0.2) is 0 Å². The van der Waals surface area contributed by atoms with Gasteiger partial charge in [0.1, 0.15) is 12.6 Å². The predicted molar refractivity (Wildman–Crippen MR) is 108 cm³/mol. The zero-order valence-corrected chi connectivity index (χ0v) is 16.6. The average Bonchev–Trinajstić information content (AvgIpc) is 2.68. The van der Waals surface area contributed by atoms with Crippen molar-refractivity contribution >= 4 is 12.0 Å². The molecule has 0 saturated heterocycles. The van der Waals surface area contributed by atoms with Gasteiger partial charge in [-0.25, -0.2) is 4.79 Å². The second kappa shape index (κ2) is 10.5. The Labute approximate surface area is 166 Å². The Morgan fingerprint density at radius 2 is 1.50 bits per heavy atom. The van der Waals surface area contributed by atoms with Crippen molar-refractivity contribution in [2.45, 2.75) is 45.6 Å².